The van der Waals surface area contributed by atoms with Gasteiger partial charge in [-0.05, 0) is 30.9 Å². The van der Waals surface area contributed by atoms with Crippen LogP contribution in [0.15, 0.2) is 48.7 Å². The number of hydrogen-bond acceptors (Lipinski definition) is 3. The maximum Gasteiger partial charge on any atom is 0.416 e. The average molecular weight is 392 g/mol. The van der Waals surface area contributed by atoms with Gasteiger partial charge in [0.15, 0.2) is 0 Å². The summed E-state index contributed by atoms with van der Waals surface area (Å²) in [6.45, 7) is 0.941. The van der Waals surface area contributed by atoms with Gasteiger partial charge in [0.05, 0.1) is 12.1 Å². The molecule has 1 aliphatic rings. The number of pyridine rings is 1. The van der Waals surface area contributed by atoms with Crippen molar-refractivity contribution in [2.45, 2.75) is 44.4 Å². The van der Waals surface area contributed by atoms with Crippen LogP contribution in [0.1, 0.15) is 36.8 Å². The van der Waals surface area contributed by atoms with Crippen LogP contribution in [0.3, 0.4) is 0 Å². The number of ether oxygens (including phenoxy) is 1. The van der Waals surface area contributed by atoms with Gasteiger partial charge in [-0.15, -0.1) is 0 Å². The zero-order valence-corrected chi connectivity index (χ0v) is 15.5. The van der Waals surface area contributed by atoms with E-state index in [2.05, 4.69) is 17.1 Å². The number of aromatic nitrogens is 1. The molecule has 1 amide bonds. The molecule has 3 rings (SSSR count). The summed E-state index contributed by atoms with van der Waals surface area (Å²) in [6.07, 6.45) is 0.0872. The Labute approximate surface area is 162 Å². The van der Waals surface area contributed by atoms with E-state index in [4.69, 9.17) is 4.74 Å². The van der Waals surface area contributed by atoms with Crippen molar-refractivity contribution in [1.29, 1.82) is 0 Å². The molecular formula is C21H23F3N2O2. The number of amides is 1. The molecule has 28 heavy (non-hydrogen) atoms. The van der Waals surface area contributed by atoms with Crippen molar-refractivity contribution in [2.24, 2.45) is 0 Å². The highest BCUT2D eigenvalue weighted by Gasteiger charge is 2.32. The topological polar surface area (TPSA) is 42.4 Å². The van der Waals surface area contributed by atoms with Crippen molar-refractivity contribution >= 4 is 5.91 Å². The van der Waals surface area contributed by atoms with Gasteiger partial charge in [0.25, 0.3) is 0 Å². The third kappa shape index (κ3) is 5.71. The van der Waals surface area contributed by atoms with Crippen LogP contribution < -0.4 is 4.74 Å². The molecule has 1 fully saturated rings. The lowest BCUT2D eigenvalue weighted by atomic mass is 10.1. The molecule has 4 nitrogen and oxygen atoms in total. The highest BCUT2D eigenvalue weighted by molar-refractivity contribution is 5.76. The first kappa shape index (κ1) is 20.2. The minimum absolute atomic E-state index is 0.0583. The van der Waals surface area contributed by atoms with Crippen LogP contribution in [0, 0.1) is 0 Å². The Morgan fingerprint density at radius 3 is 2.71 bits per heavy atom. The molecule has 0 spiro atoms. The fraction of sp³-hybridized carbons (Fsp3) is 0.429. The number of nitrogens with zero attached hydrogens (tertiary/aromatic N) is 2. The van der Waals surface area contributed by atoms with Gasteiger partial charge in [-0.1, -0.05) is 30.3 Å². The van der Waals surface area contributed by atoms with Gasteiger partial charge in [0, 0.05) is 31.6 Å². The van der Waals surface area contributed by atoms with E-state index in [9.17, 15) is 18.0 Å². The summed E-state index contributed by atoms with van der Waals surface area (Å²) in [5.41, 5.74) is 0.472. The molecule has 1 aromatic heterocycles. The Kier molecular flexibility index (Phi) is 6.54. The molecule has 2 aromatic rings. The summed E-state index contributed by atoms with van der Waals surface area (Å²) in [4.78, 5) is 17.9. The van der Waals surface area contributed by atoms with Crippen molar-refractivity contribution in [3.63, 3.8) is 0 Å². The smallest absolute Gasteiger partial charge is 0.416 e. The Bertz CT molecular complexity index is 781. The van der Waals surface area contributed by atoms with E-state index in [-0.39, 0.29) is 17.9 Å². The van der Waals surface area contributed by atoms with Crippen molar-refractivity contribution in [3.05, 3.63) is 59.8 Å². The van der Waals surface area contributed by atoms with Crippen LogP contribution in [-0.4, -0.2) is 35.0 Å². The molecular weight excluding hydrogens is 369 g/mol. The maximum atomic E-state index is 12.8. The van der Waals surface area contributed by atoms with Crippen LogP contribution >= 0.6 is 0 Å². The molecule has 1 atom stereocenters. The summed E-state index contributed by atoms with van der Waals surface area (Å²) < 4.78 is 43.9. The standard InChI is InChI=1S/C21H23F3N2O2/c22-21(23,24)17-10-12-25-19(14-17)28-18-11-13-26(15-18)20(27)9-5-4-8-16-6-2-1-3-7-16/h1-3,6-7,10,12,14,18H,4-5,8-9,11,13,15H2. The summed E-state index contributed by atoms with van der Waals surface area (Å²) >= 11 is 0. The molecule has 0 bridgehead atoms. The third-order valence-corrected chi connectivity index (χ3v) is 4.80. The van der Waals surface area contributed by atoms with Gasteiger partial charge in [-0.2, -0.15) is 13.2 Å². The normalized spacial score (nSPS) is 17.0. The third-order valence-electron chi connectivity index (χ3n) is 4.80. The number of unbranched alkanes of at least 4 members (excludes halogenated alkanes) is 1. The number of aryl methyl sites for hydroxylation is 1. The number of rotatable bonds is 7. The van der Waals surface area contributed by atoms with Crippen LogP contribution in [-0.2, 0) is 17.4 Å². The Morgan fingerprint density at radius 1 is 1.18 bits per heavy atom. The van der Waals surface area contributed by atoms with Crippen molar-refractivity contribution in [3.8, 4) is 5.88 Å². The predicted molar refractivity (Wildman–Crippen MR) is 98.8 cm³/mol. The van der Waals surface area contributed by atoms with Gasteiger partial charge in [-0.3, -0.25) is 4.79 Å². The van der Waals surface area contributed by atoms with Crippen LogP contribution in [0.5, 0.6) is 5.88 Å². The van der Waals surface area contributed by atoms with Crippen LogP contribution in [0.2, 0.25) is 0 Å². The number of halogens is 3. The second-order valence-corrected chi connectivity index (χ2v) is 6.94. The predicted octanol–water partition coefficient (Wildman–Crippen LogP) is 4.49. The largest absolute Gasteiger partial charge is 0.472 e. The lowest BCUT2D eigenvalue weighted by molar-refractivity contribution is -0.137. The SMILES string of the molecule is O=C(CCCCc1ccccc1)N1CCC(Oc2cc(C(F)(F)F)ccn2)C1. The van der Waals surface area contributed by atoms with Gasteiger partial charge >= 0.3 is 6.18 Å². The summed E-state index contributed by atoms with van der Waals surface area (Å²) in [6, 6.07) is 11.9. The summed E-state index contributed by atoms with van der Waals surface area (Å²) in [7, 11) is 0. The van der Waals surface area contributed by atoms with Gasteiger partial charge in [0.1, 0.15) is 6.10 Å². The molecule has 1 unspecified atom stereocenters. The van der Waals surface area contributed by atoms with E-state index in [1.807, 2.05) is 18.2 Å². The number of benzene rings is 1. The Morgan fingerprint density at radius 2 is 1.96 bits per heavy atom. The van der Waals surface area contributed by atoms with Crippen molar-refractivity contribution in [2.75, 3.05) is 13.1 Å². The van der Waals surface area contributed by atoms with E-state index in [0.717, 1.165) is 37.6 Å². The molecule has 0 saturated carbocycles. The second-order valence-electron chi connectivity index (χ2n) is 6.94. The lowest BCUT2D eigenvalue weighted by Gasteiger charge is -2.17. The highest BCUT2D eigenvalue weighted by atomic mass is 19.4. The quantitative estimate of drug-likeness (QED) is 0.652. The minimum atomic E-state index is -4.43. The van der Waals surface area contributed by atoms with Gasteiger partial charge in [0.2, 0.25) is 11.8 Å². The summed E-state index contributed by atoms with van der Waals surface area (Å²) in [5.74, 6) is 0.00754. The van der Waals surface area contributed by atoms with Gasteiger partial charge in [-0.25, -0.2) is 4.98 Å². The molecule has 2 heterocycles. The number of carbonyl (C=O) groups excluding carboxylic acids is 1. The monoisotopic (exact) mass is 392 g/mol. The molecule has 0 aliphatic carbocycles. The van der Waals surface area contributed by atoms with E-state index >= 15 is 0 Å². The molecule has 0 radical (unpaired) electrons. The first-order valence-corrected chi connectivity index (χ1v) is 9.43. The second kappa shape index (κ2) is 9.08. The lowest BCUT2D eigenvalue weighted by Crippen LogP contribution is -2.30. The van der Waals surface area contributed by atoms with E-state index in [1.165, 1.54) is 5.56 Å². The molecule has 1 aromatic carbocycles. The van der Waals surface area contributed by atoms with Gasteiger partial charge < -0.3 is 9.64 Å². The zero-order chi connectivity index (χ0) is 20.0. The maximum absolute atomic E-state index is 12.8. The van der Waals surface area contributed by atoms with Crippen LogP contribution in [0.25, 0.3) is 0 Å². The molecule has 7 heteroatoms. The van der Waals surface area contributed by atoms with E-state index in [0.29, 0.717) is 25.9 Å². The van der Waals surface area contributed by atoms with Crippen molar-refractivity contribution in [1.82, 2.24) is 9.88 Å². The van der Waals surface area contributed by atoms with Crippen LogP contribution in [0.4, 0.5) is 13.2 Å². The van der Waals surface area contributed by atoms with E-state index in [1.54, 1.807) is 4.90 Å². The molecule has 0 N–H and O–H groups in total. The number of likely N-dealkylation sites (tertiary alicyclic amines) is 1. The first-order chi connectivity index (χ1) is 13.4. The fourth-order valence-corrected chi connectivity index (χ4v) is 3.28. The van der Waals surface area contributed by atoms with Crippen molar-refractivity contribution < 1.29 is 22.7 Å². The number of carbonyl (C=O) groups is 1. The Hall–Kier alpha value is -2.57. The van der Waals surface area contributed by atoms with E-state index < -0.39 is 11.7 Å². The molecule has 1 aliphatic heterocycles. The fourth-order valence-electron chi connectivity index (χ4n) is 3.28. The average Bonchev–Trinajstić information content (AvgIpc) is 3.14. The molecule has 150 valence electrons. The summed E-state index contributed by atoms with van der Waals surface area (Å²) in [5, 5.41) is 0. The number of alkyl halides is 3. The Balaban J connectivity index is 1.41. The zero-order valence-electron chi connectivity index (χ0n) is 15.5. The highest BCUT2D eigenvalue weighted by Crippen LogP contribution is 2.31. The minimum Gasteiger partial charge on any atom is -0.472 e. The number of hydrogen-bond donors (Lipinski definition) is 0. The first-order valence-electron chi connectivity index (χ1n) is 9.43. The molecule has 1 saturated heterocycles.